The first-order valence-electron chi connectivity index (χ1n) is 12.1. The van der Waals surface area contributed by atoms with Gasteiger partial charge in [-0.3, -0.25) is 0 Å². The van der Waals surface area contributed by atoms with Crippen molar-refractivity contribution in [2.45, 2.75) is 82.0 Å². The number of nitrogens with two attached hydrogens (primary N) is 1. The van der Waals surface area contributed by atoms with Crippen LogP contribution in [0.4, 0.5) is 4.79 Å². The summed E-state index contributed by atoms with van der Waals surface area (Å²) < 4.78 is 5.18. The number of nitrogens with one attached hydrogen (secondary N) is 1. The van der Waals surface area contributed by atoms with Gasteiger partial charge in [0.2, 0.25) is 0 Å². The van der Waals surface area contributed by atoms with Gasteiger partial charge >= 0.3 is 12.0 Å². The Balaban J connectivity index is 0.00000274. The Morgan fingerprint density at radius 1 is 1.21 bits per heavy atom. The molecule has 0 aromatic heterocycles. The average molecular weight is 472 g/mol. The zero-order valence-electron chi connectivity index (χ0n) is 19.1. The van der Waals surface area contributed by atoms with Crippen molar-refractivity contribution < 1.29 is 36.8 Å². The standard InChI is InChI=1S/C24H35N3O6.5H2/c1-21-6-3-17-18(24(21,32)9-5-16(21)14-10-19(29)33-12-14)4-8-23(31)11-15(28)2-7-22(17,23)13-26-27-20(25)30;;;;;/h10,13,15-18,28,31-32H,2-9,11-12H2,1H3,(H3,25,27,30);5*1H/b26-13+;;;;;. The molecule has 6 N–H and O–H groups in total. The second-order valence-electron chi connectivity index (χ2n) is 11.3. The Labute approximate surface area is 200 Å². The van der Waals surface area contributed by atoms with Crippen LogP contribution in [0, 0.1) is 28.6 Å². The van der Waals surface area contributed by atoms with Gasteiger partial charge in [-0.1, -0.05) is 6.92 Å². The molecule has 0 spiro atoms. The van der Waals surface area contributed by atoms with Gasteiger partial charge in [0.05, 0.1) is 17.3 Å². The van der Waals surface area contributed by atoms with Crippen molar-refractivity contribution in [3.8, 4) is 0 Å². The number of primary amides is 1. The summed E-state index contributed by atoms with van der Waals surface area (Å²) in [5, 5.41) is 38.6. The highest BCUT2D eigenvalue weighted by molar-refractivity contribution is 5.85. The number of rotatable bonds is 3. The predicted molar refractivity (Wildman–Crippen MR) is 129 cm³/mol. The zero-order chi connectivity index (χ0) is 23.6. The summed E-state index contributed by atoms with van der Waals surface area (Å²) in [7, 11) is 0. The smallest absolute Gasteiger partial charge is 0.332 e. The molecule has 0 aromatic carbocycles. The van der Waals surface area contributed by atoms with Gasteiger partial charge in [0, 0.05) is 36.7 Å². The first-order chi connectivity index (χ1) is 15.5. The Bertz CT molecular complexity index is 943. The molecule has 9 nitrogen and oxygen atoms in total. The molecule has 9 heteroatoms. The summed E-state index contributed by atoms with van der Waals surface area (Å²) in [6.07, 6.45) is 8.02. The van der Waals surface area contributed by atoms with E-state index in [4.69, 9.17) is 10.5 Å². The molecule has 2 amide bonds. The topological polar surface area (TPSA) is 154 Å². The third kappa shape index (κ3) is 3.12. The summed E-state index contributed by atoms with van der Waals surface area (Å²) in [4.78, 5) is 23.0. The summed E-state index contributed by atoms with van der Waals surface area (Å²) in [5.74, 6) is -0.326. The van der Waals surface area contributed by atoms with Crippen molar-refractivity contribution in [3.63, 3.8) is 0 Å². The molecule has 5 rings (SSSR count). The quantitative estimate of drug-likeness (QED) is 0.242. The lowest BCUT2D eigenvalue weighted by molar-refractivity contribution is -0.237. The van der Waals surface area contributed by atoms with Crippen molar-refractivity contribution in [2.24, 2.45) is 39.4 Å². The van der Waals surface area contributed by atoms with Crippen LogP contribution >= 0.6 is 0 Å². The average Bonchev–Trinajstić information content (AvgIpc) is 3.28. The number of esters is 1. The minimum absolute atomic E-state index is 0. The maximum atomic E-state index is 12.3. The lowest BCUT2D eigenvalue weighted by Gasteiger charge is -2.65. The second kappa shape index (κ2) is 7.52. The number of ether oxygens (including phenoxy) is 1. The summed E-state index contributed by atoms with van der Waals surface area (Å²) in [5.41, 5.74) is 5.21. The molecule has 33 heavy (non-hydrogen) atoms. The van der Waals surface area contributed by atoms with E-state index >= 15 is 0 Å². The van der Waals surface area contributed by atoms with E-state index in [1.54, 1.807) is 12.3 Å². The van der Waals surface area contributed by atoms with Crippen LogP contribution in [0.3, 0.4) is 0 Å². The Morgan fingerprint density at radius 3 is 2.67 bits per heavy atom. The molecule has 4 fully saturated rings. The molecular weight excluding hydrogens is 426 g/mol. The van der Waals surface area contributed by atoms with Crippen LogP contribution in [0.1, 0.15) is 71.8 Å². The molecule has 4 saturated carbocycles. The summed E-state index contributed by atoms with van der Waals surface area (Å²) in [6, 6.07) is -0.774. The Kier molecular flexibility index (Phi) is 5.19. The minimum atomic E-state index is -1.16. The molecule has 0 aromatic rings. The molecule has 1 aliphatic heterocycles. The van der Waals surface area contributed by atoms with Gasteiger partial charge in [-0.25, -0.2) is 15.0 Å². The lowest BCUT2D eigenvalue weighted by Crippen LogP contribution is -2.68. The molecule has 8 unspecified atom stereocenters. The molecule has 8 atom stereocenters. The molecule has 5 aliphatic rings. The normalized spacial score (nSPS) is 49.1. The fourth-order valence-electron chi connectivity index (χ4n) is 8.57. The molecule has 0 saturated heterocycles. The number of carbonyl (C=O) groups excluding carboxylic acids is 2. The van der Waals surface area contributed by atoms with Gasteiger partial charge in [-0.15, -0.1) is 0 Å². The number of hydrazone groups is 1. The fraction of sp³-hybridized carbons (Fsp3) is 0.792. The van der Waals surface area contributed by atoms with Gasteiger partial charge in [0.25, 0.3) is 0 Å². The van der Waals surface area contributed by atoms with E-state index < -0.39 is 28.8 Å². The van der Waals surface area contributed by atoms with E-state index in [1.165, 1.54) is 0 Å². The van der Waals surface area contributed by atoms with Crippen LogP contribution in [0.15, 0.2) is 16.8 Å². The molecule has 0 bridgehead atoms. The van der Waals surface area contributed by atoms with E-state index in [-0.39, 0.29) is 42.7 Å². The van der Waals surface area contributed by atoms with Gasteiger partial charge in [-0.05, 0) is 74.7 Å². The van der Waals surface area contributed by atoms with E-state index in [9.17, 15) is 24.9 Å². The molecule has 192 valence electrons. The number of hydrogen-bond donors (Lipinski definition) is 5. The van der Waals surface area contributed by atoms with Crippen LogP contribution in [-0.4, -0.2) is 57.4 Å². The first kappa shape index (κ1) is 22.8. The maximum absolute atomic E-state index is 12.3. The zero-order valence-corrected chi connectivity index (χ0v) is 19.1. The van der Waals surface area contributed by atoms with E-state index in [0.717, 1.165) is 24.8 Å². The van der Waals surface area contributed by atoms with Crippen molar-refractivity contribution >= 4 is 18.2 Å². The van der Waals surface area contributed by atoms with E-state index in [2.05, 4.69) is 17.5 Å². The number of hydrogen-bond acceptors (Lipinski definition) is 7. The molecule has 0 radical (unpaired) electrons. The third-order valence-corrected chi connectivity index (χ3v) is 10.1. The van der Waals surface area contributed by atoms with Crippen LogP contribution in [0.25, 0.3) is 0 Å². The van der Waals surface area contributed by atoms with Crippen molar-refractivity contribution in [1.29, 1.82) is 0 Å². The van der Waals surface area contributed by atoms with Gasteiger partial charge in [0.15, 0.2) is 0 Å². The fourth-order valence-corrected chi connectivity index (χ4v) is 8.57. The van der Waals surface area contributed by atoms with Crippen LogP contribution in [-0.2, 0) is 9.53 Å². The largest absolute Gasteiger partial charge is 0.458 e. The number of amides is 2. The summed E-state index contributed by atoms with van der Waals surface area (Å²) >= 11 is 0. The number of aliphatic hydroxyl groups is 3. The van der Waals surface area contributed by atoms with Crippen LogP contribution in [0.5, 0.6) is 0 Å². The van der Waals surface area contributed by atoms with Gasteiger partial charge in [0.1, 0.15) is 6.61 Å². The monoisotopic (exact) mass is 471 g/mol. The van der Waals surface area contributed by atoms with Crippen LogP contribution in [0.2, 0.25) is 0 Å². The lowest BCUT2D eigenvalue weighted by atomic mass is 9.41. The van der Waals surface area contributed by atoms with Crippen molar-refractivity contribution in [1.82, 2.24) is 5.43 Å². The summed E-state index contributed by atoms with van der Waals surface area (Å²) in [6.45, 7) is 2.45. The number of nitrogens with zero attached hydrogens (tertiary/aromatic N) is 1. The number of urea groups is 1. The number of fused-ring (bicyclic) bond motifs is 5. The number of cyclic esters (lactones) is 1. The SMILES string of the molecule is CC12CCC3C(CCC4(O)CC(O)CCC34/C=N/NC(N)=O)C1(O)CCC2C1=CC(=O)OC1.[HH].[HH].[HH].[HH].[HH]. The van der Waals surface area contributed by atoms with Crippen molar-refractivity contribution in [3.05, 3.63) is 11.6 Å². The molecule has 1 heterocycles. The highest BCUT2D eigenvalue weighted by Crippen LogP contribution is 2.70. The highest BCUT2D eigenvalue weighted by atomic mass is 16.5. The Hall–Kier alpha value is -1.97. The first-order valence-corrected chi connectivity index (χ1v) is 12.1. The van der Waals surface area contributed by atoms with E-state index in [0.29, 0.717) is 38.7 Å². The Morgan fingerprint density at radius 2 is 1.97 bits per heavy atom. The molecular formula is C24H45N3O6. The van der Waals surface area contributed by atoms with Gasteiger partial charge < -0.3 is 25.8 Å². The number of carbonyl (C=O) groups is 2. The van der Waals surface area contributed by atoms with Crippen molar-refractivity contribution in [2.75, 3.05) is 6.61 Å². The predicted octanol–water partition coefficient (Wildman–Crippen LogP) is 2.58. The third-order valence-electron chi connectivity index (χ3n) is 10.1. The second-order valence-corrected chi connectivity index (χ2v) is 11.3. The molecule has 4 aliphatic carbocycles. The van der Waals surface area contributed by atoms with Crippen LogP contribution < -0.4 is 11.2 Å². The minimum Gasteiger partial charge on any atom is -0.458 e. The highest BCUT2D eigenvalue weighted by Gasteiger charge is 2.71. The van der Waals surface area contributed by atoms with E-state index in [1.807, 2.05) is 0 Å². The van der Waals surface area contributed by atoms with Gasteiger partial charge in [-0.2, -0.15) is 5.10 Å². The number of aliphatic hydroxyl groups excluding tert-OH is 1. The maximum Gasteiger partial charge on any atom is 0.332 e.